The van der Waals surface area contributed by atoms with E-state index in [1.54, 1.807) is 12.1 Å². The molecule has 2 rings (SSSR count). The Morgan fingerprint density at radius 3 is 2.38 bits per heavy atom. The topological polar surface area (TPSA) is 17.8 Å². The summed E-state index contributed by atoms with van der Waals surface area (Å²) in [5, 5.41) is 0. The van der Waals surface area contributed by atoms with Crippen LogP contribution in [0.2, 0.25) is 0 Å². The van der Waals surface area contributed by atoms with Crippen molar-refractivity contribution in [2.24, 2.45) is 0 Å². The summed E-state index contributed by atoms with van der Waals surface area (Å²) in [7, 11) is 0. The zero-order valence-electron chi connectivity index (χ0n) is 9.11. The van der Waals surface area contributed by atoms with Gasteiger partial charge in [-0.25, -0.2) is 9.37 Å². The molecule has 0 unspecified atom stereocenters. The van der Waals surface area contributed by atoms with E-state index in [2.05, 4.69) is 46.0 Å². The lowest BCUT2D eigenvalue weighted by Gasteiger charge is -2.08. The van der Waals surface area contributed by atoms with Crippen LogP contribution in [-0.4, -0.2) is 9.55 Å². The number of nitrogens with zero attached hydrogens (tertiary/aromatic N) is 2. The maximum Gasteiger partial charge on any atom is 0.123 e. The predicted octanol–water partition coefficient (Wildman–Crippen LogP) is 3.87. The van der Waals surface area contributed by atoms with Gasteiger partial charge in [-0.3, -0.25) is 0 Å². The Hall–Kier alpha value is -0.910. The highest BCUT2D eigenvalue weighted by Crippen LogP contribution is 2.25. The summed E-state index contributed by atoms with van der Waals surface area (Å²) in [6.45, 7) is 4.22. The van der Waals surface area contributed by atoms with Gasteiger partial charge in [0.2, 0.25) is 0 Å². The van der Waals surface area contributed by atoms with Crippen molar-refractivity contribution >= 4 is 22.6 Å². The second kappa shape index (κ2) is 4.53. The maximum absolute atomic E-state index is 12.8. The number of benzene rings is 1. The lowest BCUT2D eigenvalue weighted by Crippen LogP contribution is -2.00. The molecular weight excluding hydrogens is 318 g/mol. The third-order valence-electron chi connectivity index (χ3n) is 2.41. The highest BCUT2D eigenvalue weighted by Gasteiger charge is 2.11. The summed E-state index contributed by atoms with van der Waals surface area (Å²) in [6.07, 6.45) is 1.82. The van der Waals surface area contributed by atoms with E-state index in [9.17, 15) is 4.39 Å². The van der Waals surface area contributed by atoms with Gasteiger partial charge in [0.1, 0.15) is 15.2 Å². The average molecular weight is 330 g/mol. The molecule has 0 saturated heterocycles. The average Bonchev–Trinajstić information content (AvgIpc) is 2.61. The van der Waals surface area contributed by atoms with Crippen LogP contribution < -0.4 is 0 Å². The minimum absolute atomic E-state index is 0.220. The molecule has 0 amide bonds. The molecule has 0 aliphatic carbocycles. The maximum atomic E-state index is 12.8. The number of rotatable bonds is 2. The lowest BCUT2D eigenvalue weighted by molar-refractivity contribution is 0.588. The monoisotopic (exact) mass is 330 g/mol. The molecule has 0 aliphatic rings. The van der Waals surface area contributed by atoms with E-state index in [4.69, 9.17) is 0 Å². The van der Waals surface area contributed by atoms with E-state index in [-0.39, 0.29) is 5.82 Å². The molecule has 2 aromatic rings. The summed E-state index contributed by atoms with van der Waals surface area (Å²) >= 11 is 2.27. The Labute approximate surface area is 108 Å². The van der Waals surface area contributed by atoms with E-state index in [1.165, 1.54) is 12.1 Å². The van der Waals surface area contributed by atoms with E-state index < -0.39 is 0 Å². The standard InChI is InChI=1S/C12H12FIN2/c1-8(2)16-7-15-11(12(16)14)9-3-5-10(13)6-4-9/h3-8H,1-2H3. The summed E-state index contributed by atoms with van der Waals surface area (Å²) in [6, 6.07) is 6.81. The molecule has 0 fully saturated rings. The molecule has 1 heterocycles. The van der Waals surface area contributed by atoms with Crippen molar-refractivity contribution in [2.75, 3.05) is 0 Å². The SMILES string of the molecule is CC(C)n1cnc(-c2ccc(F)cc2)c1I. The molecule has 2 nitrogen and oxygen atoms in total. The molecule has 0 aliphatic heterocycles. The van der Waals surface area contributed by atoms with Crippen LogP contribution >= 0.6 is 22.6 Å². The molecule has 84 valence electrons. The predicted molar refractivity (Wildman–Crippen MR) is 70.7 cm³/mol. The van der Waals surface area contributed by atoms with Crippen LogP contribution in [0, 0.1) is 9.52 Å². The second-order valence-corrected chi connectivity index (χ2v) is 4.91. The zero-order chi connectivity index (χ0) is 11.7. The van der Waals surface area contributed by atoms with Crippen molar-refractivity contribution in [1.29, 1.82) is 0 Å². The summed E-state index contributed by atoms with van der Waals surface area (Å²) in [4.78, 5) is 4.37. The van der Waals surface area contributed by atoms with E-state index >= 15 is 0 Å². The van der Waals surface area contributed by atoms with Crippen LogP contribution in [0.1, 0.15) is 19.9 Å². The Morgan fingerprint density at radius 1 is 1.25 bits per heavy atom. The Bertz CT molecular complexity index is 488. The fraction of sp³-hybridized carbons (Fsp3) is 0.250. The normalized spacial score (nSPS) is 11.1. The van der Waals surface area contributed by atoms with Gasteiger partial charge in [0.15, 0.2) is 0 Å². The molecule has 0 saturated carbocycles. The first-order valence-electron chi connectivity index (χ1n) is 5.08. The molecule has 0 bridgehead atoms. The molecular formula is C12H12FIN2. The van der Waals surface area contributed by atoms with Gasteiger partial charge in [-0.05, 0) is 60.7 Å². The lowest BCUT2D eigenvalue weighted by atomic mass is 10.2. The molecule has 0 N–H and O–H groups in total. The third-order valence-corrected chi connectivity index (χ3v) is 3.48. The van der Waals surface area contributed by atoms with Gasteiger partial charge in [0.05, 0.1) is 6.33 Å². The summed E-state index contributed by atoms with van der Waals surface area (Å²) in [5.74, 6) is -0.220. The number of halogens is 2. The summed E-state index contributed by atoms with van der Waals surface area (Å²) in [5.41, 5.74) is 1.86. The Morgan fingerprint density at radius 2 is 1.88 bits per heavy atom. The highest BCUT2D eigenvalue weighted by atomic mass is 127. The van der Waals surface area contributed by atoms with Crippen LogP contribution in [0.15, 0.2) is 30.6 Å². The van der Waals surface area contributed by atoms with Crippen molar-refractivity contribution in [2.45, 2.75) is 19.9 Å². The number of hydrogen-bond donors (Lipinski definition) is 0. The minimum atomic E-state index is -0.220. The van der Waals surface area contributed by atoms with Crippen LogP contribution in [0.4, 0.5) is 4.39 Å². The van der Waals surface area contributed by atoms with Crippen LogP contribution in [0.3, 0.4) is 0 Å². The van der Waals surface area contributed by atoms with Gasteiger partial charge in [-0.15, -0.1) is 0 Å². The van der Waals surface area contributed by atoms with Crippen LogP contribution in [0.5, 0.6) is 0 Å². The van der Waals surface area contributed by atoms with E-state index in [0.717, 1.165) is 15.0 Å². The molecule has 16 heavy (non-hydrogen) atoms. The van der Waals surface area contributed by atoms with E-state index in [0.29, 0.717) is 6.04 Å². The van der Waals surface area contributed by atoms with Gasteiger partial charge in [0, 0.05) is 11.6 Å². The summed E-state index contributed by atoms with van der Waals surface area (Å²) < 4.78 is 16.0. The minimum Gasteiger partial charge on any atom is -0.323 e. The zero-order valence-corrected chi connectivity index (χ0v) is 11.3. The van der Waals surface area contributed by atoms with Gasteiger partial charge in [-0.2, -0.15) is 0 Å². The first-order valence-corrected chi connectivity index (χ1v) is 6.15. The van der Waals surface area contributed by atoms with E-state index in [1.807, 2.05) is 6.33 Å². The van der Waals surface area contributed by atoms with Crippen molar-refractivity contribution in [3.63, 3.8) is 0 Å². The first kappa shape index (κ1) is 11.6. The highest BCUT2D eigenvalue weighted by molar-refractivity contribution is 14.1. The largest absolute Gasteiger partial charge is 0.323 e. The van der Waals surface area contributed by atoms with Gasteiger partial charge in [-0.1, -0.05) is 0 Å². The first-order chi connectivity index (χ1) is 7.59. The fourth-order valence-electron chi connectivity index (χ4n) is 1.51. The Kier molecular flexibility index (Phi) is 3.28. The molecule has 4 heteroatoms. The molecule has 1 aromatic heterocycles. The number of imidazole rings is 1. The number of hydrogen-bond acceptors (Lipinski definition) is 1. The molecule has 0 atom stereocenters. The number of aromatic nitrogens is 2. The van der Waals surface area contributed by atoms with Gasteiger partial charge in [0.25, 0.3) is 0 Å². The Balaban J connectivity index is 2.45. The second-order valence-electron chi connectivity index (χ2n) is 3.89. The fourth-order valence-corrected chi connectivity index (χ4v) is 2.64. The van der Waals surface area contributed by atoms with Crippen molar-refractivity contribution in [3.05, 3.63) is 40.1 Å². The van der Waals surface area contributed by atoms with Crippen molar-refractivity contribution < 1.29 is 4.39 Å². The molecule has 0 radical (unpaired) electrons. The van der Waals surface area contributed by atoms with Crippen molar-refractivity contribution in [3.8, 4) is 11.3 Å². The van der Waals surface area contributed by atoms with Crippen molar-refractivity contribution in [1.82, 2.24) is 9.55 Å². The van der Waals surface area contributed by atoms with Crippen LogP contribution in [-0.2, 0) is 0 Å². The molecule has 1 aromatic carbocycles. The van der Waals surface area contributed by atoms with Gasteiger partial charge >= 0.3 is 0 Å². The quantitative estimate of drug-likeness (QED) is 0.765. The smallest absolute Gasteiger partial charge is 0.123 e. The van der Waals surface area contributed by atoms with Gasteiger partial charge < -0.3 is 4.57 Å². The third kappa shape index (κ3) is 2.11. The van der Waals surface area contributed by atoms with Crippen LogP contribution in [0.25, 0.3) is 11.3 Å². The molecule has 0 spiro atoms.